The maximum absolute atomic E-state index is 12.8. The van der Waals surface area contributed by atoms with Gasteiger partial charge in [-0.1, -0.05) is 26.0 Å². The molecule has 0 atom stereocenters. The van der Waals surface area contributed by atoms with E-state index in [1.165, 1.54) is 0 Å². The SMILES string of the molecule is Cc1ccc(C(C)C)c(OCC(=O)N2CCOC23CCN(C)CC3)c1.Cl. The number of nitrogens with zero attached hydrogens (tertiary/aromatic N) is 2. The predicted molar refractivity (Wildman–Crippen MR) is 105 cm³/mol. The summed E-state index contributed by atoms with van der Waals surface area (Å²) in [7, 11) is 2.11. The highest BCUT2D eigenvalue weighted by Gasteiger charge is 2.46. The van der Waals surface area contributed by atoms with Crippen molar-refractivity contribution in [3.8, 4) is 5.75 Å². The Morgan fingerprint density at radius 2 is 1.96 bits per heavy atom. The van der Waals surface area contributed by atoms with Crippen molar-refractivity contribution in [1.82, 2.24) is 9.80 Å². The molecule has 1 aromatic carbocycles. The second kappa shape index (κ2) is 8.59. The molecule has 3 rings (SSSR count). The second-order valence-corrected chi connectivity index (χ2v) is 7.63. The van der Waals surface area contributed by atoms with Gasteiger partial charge in [-0.05, 0) is 37.1 Å². The Morgan fingerprint density at radius 3 is 2.62 bits per heavy atom. The molecule has 0 aliphatic carbocycles. The smallest absolute Gasteiger partial charge is 0.262 e. The van der Waals surface area contributed by atoms with Crippen LogP contribution in [0.5, 0.6) is 5.75 Å². The lowest BCUT2D eigenvalue weighted by Gasteiger charge is -2.42. The molecular formula is C20H31ClN2O3. The highest BCUT2D eigenvalue weighted by Crippen LogP contribution is 2.34. The van der Waals surface area contributed by atoms with Crippen molar-refractivity contribution in [3.63, 3.8) is 0 Å². The molecule has 2 fully saturated rings. The Hall–Kier alpha value is -1.30. The highest BCUT2D eigenvalue weighted by atomic mass is 35.5. The third-order valence-corrected chi connectivity index (χ3v) is 5.39. The van der Waals surface area contributed by atoms with Crippen LogP contribution in [-0.2, 0) is 9.53 Å². The minimum atomic E-state index is -0.416. The molecule has 0 radical (unpaired) electrons. The van der Waals surface area contributed by atoms with Gasteiger partial charge in [0, 0.05) is 32.5 Å². The molecule has 0 unspecified atom stereocenters. The molecule has 1 aromatic rings. The molecule has 5 nitrogen and oxygen atoms in total. The third kappa shape index (κ3) is 4.33. The fourth-order valence-electron chi connectivity index (χ4n) is 3.80. The molecule has 2 saturated heterocycles. The fourth-order valence-corrected chi connectivity index (χ4v) is 3.80. The van der Waals surface area contributed by atoms with E-state index in [1.54, 1.807) is 0 Å². The summed E-state index contributed by atoms with van der Waals surface area (Å²) in [5.41, 5.74) is 1.87. The quantitative estimate of drug-likeness (QED) is 0.802. The summed E-state index contributed by atoms with van der Waals surface area (Å²) in [5, 5.41) is 0. The summed E-state index contributed by atoms with van der Waals surface area (Å²) < 4.78 is 12.0. The first-order valence-corrected chi connectivity index (χ1v) is 9.27. The highest BCUT2D eigenvalue weighted by molar-refractivity contribution is 5.85. The van der Waals surface area contributed by atoms with Gasteiger partial charge >= 0.3 is 0 Å². The van der Waals surface area contributed by atoms with Crippen LogP contribution in [0, 0.1) is 6.92 Å². The molecule has 0 bridgehead atoms. The number of ether oxygens (including phenoxy) is 2. The number of hydrogen-bond donors (Lipinski definition) is 0. The number of rotatable bonds is 4. The lowest BCUT2D eigenvalue weighted by atomic mass is 9.99. The van der Waals surface area contributed by atoms with Crippen molar-refractivity contribution in [2.75, 3.05) is 39.9 Å². The van der Waals surface area contributed by atoms with Crippen LogP contribution in [0.25, 0.3) is 0 Å². The van der Waals surface area contributed by atoms with E-state index >= 15 is 0 Å². The van der Waals surface area contributed by atoms with Crippen LogP contribution in [0.1, 0.15) is 43.7 Å². The van der Waals surface area contributed by atoms with Gasteiger partial charge < -0.3 is 19.3 Å². The number of likely N-dealkylation sites (tertiary alicyclic amines) is 1. The van der Waals surface area contributed by atoms with Gasteiger partial charge in [0.25, 0.3) is 5.91 Å². The van der Waals surface area contributed by atoms with Crippen molar-refractivity contribution >= 4 is 18.3 Å². The summed E-state index contributed by atoms with van der Waals surface area (Å²) in [4.78, 5) is 17.0. The Bertz CT molecular complexity index is 627. The van der Waals surface area contributed by atoms with Gasteiger partial charge in [-0.25, -0.2) is 0 Å². The van der Waals surface area contributed by atoms with Gasteiger partial charge in [0.15, 0.2) is 6.61 Å². The predicted octanol–water partition coefficient (Wildman–Crippen LogP) is 3.20. The molecule has 146 valence electrons. The van der Waals surface area contributed by atoms with Crippen molar-refractivity contribution < 1.29 is 14.3 Å². The summed E-state index contributed by atoms with van der Waals surface area (Å²) in [6.07, 6.45) is 1.74. The number of benzene rings is 1. The Labute approximate surface area is 163 Å². The van der Waals surface area contributed by atoms with Gasteiger partial charge in [-0.3, -0.25) is 4.79 Å². The van der Waals surface area contributed by atoms with Crippen molar-refractivity contribution in [1.29, 1.82) is 0 Å². The standard InChI is InChI=1S/C20H30N2O3.ClH/c1-15(2)17-6-5-16(3)13-18(17)24-14-19(23)22-11-12-25-20(22)7-9-21(4)10-8-20;/h5-6,13,15H,7-12,14H2,1-4H3;1H. The molecule has 2 aliphatic rings. The number of hydrogen-bond acceptors (Lipinski definition) is 4. The van der Waals surface area contributed by atoms with E-state index < -0.39 is 5.72 Å². The number of aryl methyl sites for hydroxylation is 1. The van der Waals surface area contributed by atoms with Crippen LogP contribution in [0.15, 0.2) is 18.2 Å². The molecule has 26 heavy (non-hydrogen) atoms. The van der Waals surface area contributed by atoms with Crippen molar-refractivity contribution in [3.05, 3.63) is 29.3 Å². The van der Waals surface area contributed by atoms with E-state index in [1.807, 2.05) is 17.9 Å². The average Bonchev–Trinajstić information content (AvgIpc) is 2.99. The van der Waals surface area contributed by atoms with Crippen LogP contribution >= 0.6 is 12.4 Å². The second-order valence-electron chi connectivity index (χ2n) is 7.63. The summed E-state index contributed by atoms with van der Waals surface area (Å²) in [6.45, 7) is 9.60. The fraction of sp³-hybridized carbons (Fsp3) is 0.650. The van der Waals surface area contributed by atoms with E-state index in [9.17, 15) is 4.79 Å². The first-order valence-electron chi connectivity index (χ1n) is 9.27. The molecular weight excluding hydrogens is 352 g/mol. The van der Waals surface area contributed by atoms with E-state index in [0.29, 0.717) is 19.1 Å². The van der Waals surface area contributed by atoms with E-state index in [-0.39, 0.29) is 24.9 Å². The molecule has 0 saturated carbocycles. The maximum atomic E-state index is 12.8. The van der Waals surface area contributed by atoms with Crippen LogP contribution in [0.4, 0.5) is 0 Å². The van der Waals surface area contributed by atoms with Crippen LogP contribution in [-0.4, -0.2) is 61.3 Å². The monoisotopic (exact) mass is 382 g/mol. The first kappa shape index (κ1) is 21.0. The van der Waals surface area contributed by atoms with Crippen molar-refractivity contribution in [2.24, 2.45) is 0 Å². The Balaban J connectivity index is 0.00000243. The van der Waals surface area contributed by atoms with Gasteiger partial charge in [0.2, 0.25) is 0 Å². The van der Waals surface area contributed by atoms with Crippen LogP contribution < -0.4 is 4.74 Å². The number of halogens is 1. The van der Waals surface area contributed by atoms with Crippen molar-refractivity contribution in [2.45, 2.75) is 45.3 Å². The number of amides is 1. The third-order valence-electron chi connectivity index (χ3n) is 5.39. The van der Waals surface area contributed by atoms with Gasteiger partial charge in [-0.2, -0.15) is 0 Å². The van der Waals surface area contributed by atoms with Gasteiger partial charge in [-0.15, -0.1) is 12.4 Å². The molecule has 1 spiro atoms. The summed E-state index contributed by atoms with van der Waals surface area (Å²) in [6, 6.07) is 6.21. The molecule has 2 heterocycles. The minimum absolute atomic E-state index is 0. The summed E-state index contributed by atoms with van der Waals surface area (Å²) >= 11 is 0. The van der Waals surface area contributed by atoms with Crippen LogP contribution in [0.2, 0.25) is 0 Å². The van der Waals surface area contributed by atoms with Crippen LogP contribution in [0.3, 0.4) is 0 Å². The largest absolute Gasteiger partial charge is 0.483 e. The zero-order valence-electron chi connectivity index (χ0n) is 16.3. The first-order chi connectivity index (χ1) is 11.9. The number of piperidine rings is 1. The zero-order chi connectivity index (χ0) is 18.0. The number of carbonyl (C=O) groups excluding carboxylic acids is 1. The Morgan fingerprint density at radius 1 is 1.27 bits per heavy atom. The van der Waals surface area contributed by atoms with E-state index in [4.69, 9.17) is 9.47 Å². The lowest BCUT2D eigenvalue weighted by Crippen LogP contribution is -2.55. The average molecular weight is 383 g/mol. The molecule has 0 aromatic heterocycles. The molecule has 0 N–H and O–H groups in total. The number of carbonyl (C=O) groups is 1. The normalized spacial score (nSPS) is 19.7. The topological polar surface area (TPSA) is 42.0 Å². The Kier molecular flexibility index (Phi) is 6.94. The van der Waals surface area contributed by atoms with Gasteiger partial charge in [0.1, 0.15) is 11.5 Å². The molecule has 2 aliphatic heterocycles. The molecule has 1 amide bonds. The van der Waals surface area contributed by atoms with Gasteiger partial charge in [0.05, 0.1) is 6.61 Å². The zero-order valence-corrected chi connectivity index (χ0v) is 17.1. The lowest BCUT2D eigenvalue weighted by molar-refractivity contribution is -0.159. The molecule has 6 heteroatoms. The maximum Gasteiger partial charge on any atom is 0.262 e. The minimum Gasteiger partial charge on any atom is -0.483 e. The van der Waals surface area contributed by atoms with E-state index in [0.717, 1.165) is 42.8 Å². The summed E-state index contributed by atoms with van der Waals surface area (Å²) in [5.74, 6) is 1.21. The van der Waals surface area contributed by atoms with E-state index in [2.05, 4.69) is 37.9 Å².